The normalized spacial score (nSPS) is 18.7. The third kappa shape index (κ3) is 7.06. The van der Waals surface area contributed by atoms with Gasteiger partial charge in [0.15, 0.2) is 0 Å². The second-order valence-electron chi connectivity index (χ2n) is 8.55. The zero-order chi connectivity index (χ0) is 26.0. The monoisotopic (exact) mass is 530 g/mol. The third-order valence-electron chi connectivity index (χ3n) is 6.12. The first-order chi connectivity index (χ1) is 16.3. The van der Waals surface area contributed by atoms with Gasteiger partial charge in [-0.05, 0) is 30.5 Å². The van der Waals surface area contributed by atoms with E-state index in [0.717, 1.165) is 16.2 Å². The molecule has 7 nitrogen and oxygen atoms in total. The smallest absolute Gasteiger partial charge is 0.426 e. The number of benzene rings is 1. The number of piperidine rings is 1. The van der Waals surface area contributed by atoms with E-state index in [1.165, 1.54) is 0 Å². The largest absolute Gasteiger partial charge is 0.434 e. The molecule has 2 fully saturated rings. The Kier molecular flexibility index (Phi) is 8.30. The molecule has 1 aromatic carbocycles. The van der Waals surface area contributed by atoms with Crippen molar-refractivity contribution in [3.63, 3.8) is 0 Å². The molecule has 196 valence electrons. The first kappa shape index (κ1) is 27.2. The highest BCUT2D eigenvalue weighted by Crippen LogP contribution is 2.36. The average molecular weight is 531 g/mol. The van der Waals surface area contributed by atoms with Gasteiger partial charge in [-0.15, -0.1) is 0 Å². The molecule has 2 aliphatic rings. The summed E-state index contributed by atoms with van der Waals surface area (Å²) in [4.78, 5) is 28.3. The number of carbonyl (C=O) groups is 2. The fourth-order valence-corrected chi connectivity index (χ4v) is 4.36. The Bertz CT molecular complexity index is 899. The van der Waals surface area contributed by atoms with Crippen LogP contribution in [0, 0.1) is 5.92 Å². The van der Waals surface area contributed by atoms with Crippen LogP contribution in [0.2, 0.25) is 5.02 Å². The van der Waals surface area contributed by atoms with Gasteiger partial charge in [-0.1, -0.05) is 17.7 Å². The molecule has 2 aliphatic heterocycles. The number of primary amides is 1. The van der Waals surface area contributed by atoms with Crippen molar-refractivity contribution in [3.05, 3.63) is 28.8 Å². The van der Waals surface area contributed by atoms with Crippen LogP contribution in [0.1, 0.15) is 18.4 Å². The van der Waals surface area contributed by atoms with Crippen molar-refractivity contribution in [2.45, 2.75) is 37.8 Å². The van der Waals surface area contributed by atoms with Crippen LogP contribution in [0.15, 0.2) is 18.2 Å². The van der Waals surface area contributed by atoms with Crippen LogP contribution in [-0.2, 0) is 16.1 Å². The molecule has 0 aliphatic carbocycles. The fraction of sp³-hybridized carbons (Fsp3) is 0.619. The molecule has 2 heterocycles. The molecule has 2 saturated heterocycles. The summed E-state index contributed by atoms with van der Waals surface area (Å²) >= 11 is 6.18. The fourth-order valence-electron chi connectivity index (χ4n) is 4.19. The lowest BCUT2D eigenvalue weighted by molar-refractivity contribution is -0.308. The van der Waals surface area contributed by atoms with Crippen molar-refractivity contribution in [1.82, 2.24) is 9.80 Å². The number of hydrogen-bond donors (Lipinski definition) is 1. The summed E-state index contributed by atoms with van der Waals surface area (Å²) in [5.41, 5.74) is 7.19. The van der Waals surface area contributed by atoms with E-state index in [-0.39, 0.29) is 38.0 Å². The summed E-state index contributed by atoms with van der Waals surface area (Å²) in [6.45, 7) is 1.93. The Morgan fingerprint density at radius 2 is 1.57 bits per heavy atom. The molecule has 2 amide bonds. The number of amides is 2. The second-order valence-corrected chi connectivity index (χ2v) is 8.98. The van der Waals surface area contributed by atoms with Crippen molar-refractivity contribution in [2.75, 3.05) is 44.2 Å². The molecule has 0 bridgehead atoms. The van der Waals surface area contributed by atoms with E-state index in [1.807, 2.05) is 17.0 Å². The van der Waals surface area contributed by atoms with Gasteiger partial charge in [-0.2, -0.15) is 26.3 Å². The quantitative estimate of drug-likeness (QED) is 0.586. The van der Waals surface area contributed by atoms with Gasteiger partial charge < -0.3 is 20.3 Å². The number of halogens is 7. The van der Waals surface area contributed by atoms with E-state index in [9.17, 15) is 35.9 Å². The number of carbonyl (C=O) groups excluding carboxylic acids is 2. The Morgan fingerprint density at radius 3 is 2.09 bits per heavy atom. The maximum Gasteiger partial charge on any atom is 0.434 e. The Hall–Kier alpha value is -2.41. The molecule has 0 radical (unpaired) electrons. The number of hydrogen-bond acceptors (Lipinski definition) is 5. The molecule has 1 aromatic rings. The van der Waals surface area contributed by atoms with E-state index >= 15 is 0 Å². The SMILES string of the molecule is NC(=O)C1CCN(c2cc(Cl)ccc2CN2CCN(C(=O)OC(C(F)(F)F)C(F)(F)F)CC2)CC1. The van der Waals surface area contributed by atoms with E-state index in [1.54, 1.807) is 6.07 Å². The molecular formula is C21H25ClF6N4O3. The topological polar surface area (TPSA) is 79.1 Å². The number of piperazine rings is 1. The number of rotatable bonds is 5. The Balaban J connectivity index is 1.59. The number of nitrogens with zero attached hydrogens (tertiary/aromatic N) is 3. The molecule has 0 aromatic heterocycles. The van der Waals surface area contributed by atoms with Crippen molar-refractivity contribution < 1.29 is 40.7 Å². The Labute approximate surface area is 202 Å². The molecule has 2 N–H and O–H groups in total. The molecule has 0 unspecified atom stereocenters. The molecule has 35 heavy (non-hydrogen) atoms. The molecule has 14 heteroatoms. The summed E-state index contributed by atoms with van der Waals surface area (Å²) in [6.07, 6.45) is -16.1. The van der Waals surface area contributed by atoms with Gasteiger partial charge in [0.2, 0.25) is 5.91 Å². The minimum atomic E-state index is -5.76. The van der Waals surface area contributed by atoms with Crippen LogP contribution in [-0.4, -0.2) is 79.5 Å². The van der Waals surface area contributed by atoms with Gasteiger partial charge in [0.05, 0.1) is 0 Å². The summed E-state index contributed by atoms with van der Waals surface area (Å²) < 4.78 is 79.8. The first-order valence-corrected chi connectivity index (χ1v) is 11.3. The molecular weight excluding hydrogens is 506 g/mol. The standard InChI is InChI=1S/C21H25ClF6N4O3/c22-15-2-1-14(16(11-15)31-5-3-13(4-6-31)17(29)33)12-30-7-9-32(10-8-30)19(34)35-18(20(23,24)25)21(26,27)28/h1-2,11,13,18H,3-10,12H2,(H2,29,33). The van der Waals surface area contributed by atoms with Crippen molar-refractivity contribution in [3.8, 4) is 0 Å². The first-order valence-electron chi connectivity index (χ1n) is 10.9. The second kappa shape index (κ2) is 10.7. The molecule has 0 atom stereocenters. The molecule has 0 spiro atoms. The summed E-state index contributed by atoms with van der Waals surface area (Å²) in [7, 11) is 0. The summed E-state index contributed by atoms with van der Waals surface area (Å²) in [5.74, 6) is -0.514. The van der Waals surface area contributed by atoms with Crippen LogP contribution < -0.4 is 10.6 Å². The minimum Gasteiger partial charge on any atom is -0.426 e. The predicted molar refractivity (Wildman–Crippen MR) is 115 cm³/mol. The minimum absolute atomic E-state index is 0.0891. The zero-order valence-corrected chi connectivity index (χ0v) is 19.3. The van der Waals surface area contributed by atoms with Crippen LogP contribution in [0.3, 0.4) is 0 Å². The van der Waals surface area contributed by atoms with E-state index in [4.69, 9.17) is 17.3 Å². The van der Waals surface area contributed by atoms with E-state index in [2.05, 4.69) is 9.64 Å². The number of ether oxygens (including phenoxy) is 1. The van der Waals surface area contributed by atoms with Crippen molar-refractivity contribution in [2.24, 2.45) is 11.7 Å². The van der Waals surface area contributed by atoms with Gasteiger partial charge in [0.1, 0.15) is 0 Å². The predicted octanol–water partition coefficient (Wildman–Crippen LogP) is 3.79. The average Bonchev–Trinajstić information content (AvgIpc) is 2.77. The highest BCUT2D eigenvalue weighted by atomic mass is 35.5. The van der Waals surface area contributed by atoms with Gasteiger partial charge in [-0.3, -0.25) is 9.69 Å². The van der Waals surface area contributed by atoms with Crippen LogP contribution in [0.4, 0.5) is 36.8 Å². The summed E-state index contributed by atoms with van der Waals surface area (Å²) in [6, 6.07) is 5.37. The lowest BCUT2D eigenvalue weighted by Gasteiger charge is -2.37. The van der Waals surface area contributed by atoms with Gasteiger partial charge in [0, 0.05) is 62.4 Å². The van der Waals surface area contributed by atoms with Crippen molar-refractivity contribution in [1.29, 1.82) is 0 Å². The maximum atomic E-state index is 12.7. The van der Waals surface area contributed by atoms with Crippen LogP contribution in [0.25, 0.3) is 0 Å². The van der Waals surface area contributed by atoms with Crippen LogP contribution in [0.5, 0.6) is 0 Å². The number of anilines is 1. The van der Waals surface area contributed by atoms with Crippen LogP contribution >= 0.6 is 11.6 Å². The lowest BCUT2D eigenvalue weighted by Crippen LogP contribution is -2.52. The number of alkyl halides is 6. The lowest BCUT2D eigenvalue weighted by atomic mass is 9.95. The van der Waals surface area contributed by atoms with Gasteiger partial charge in [-0.25, -0.2) is 4.79 Å². The van der Waals surface area contributed by atoms with E-state index < -0.39 is 24.5 Å². The molecule has 3 rings (SSSR count). The molecule has 0 saturated carbocycles. The van der Waals surface area contributed by atoms with Gasteiger partial charge >= 0.3 is 18.4 Å². The summed E-state index contributed by atoms with van der Waals surface area (Å²) in [5, 5.41) is 0.525. The highest BCUT2D eigenvalue weighted by Gasteiger charge is 2.60. The van der Waals surface area contributed by atoms with E-state index in [0.29, 0.717) is 37.5 Å². The van der Waals surface area contributed by atoms with Gasteiger partial charge in [0.25, 0.3) is 6.10 Å². The zero-order valence-electron chi connectivity index (χ0n) is 18.5. The number of nitrogens with two attached hydrogens (primary N) is 1. The maximum absolute atomic E-state index is 12.7. The van der Waals surface area contributed by atoms with Crippen molar-refractivity contribution >= 4 is 29.3 Å². The third-order valence-corrected chi connectivity index (χ3v) is 6.36. The Morgan fingerprint density at radius 1 is 1.00 bits per heavy atom. The highest BCUT2D eigenvalue weighted by molar-refractivity contribution is 6.30.